The highest BCUT2D eigenvalue weighted by Crippen LogP contribution is 2.36. The Bertz CT molecular complexity index is 627. The Kier molecular flexibility index (Phi) is 3.93. The Labute approximate surface area is 120 Å². The van der Waals surface area contributed by atoms with Crippen LogP contribution in [0.4, 0.5) is 5.82 Å². The molecule has 0 spiro atoms. The van der Waals surface area contributed by atoms with Crippen molar-refractivity contribution in [1.29, 1.82) is 0 Å². The molecule has 4 heteroatoms. The molecule has 1 aromatic rings. The molecular formula is C16H22N4. The Hall–Kier alpha value is -2.10. The number of fused-ring (bicyclic) bond motifs is 1. The Morgan fingerprint density at radius 1 is 1.50 bits per heavy atom. The van der Waals surface area contributed by atoms with Gasteiger partial charge in [0, 0.05) is 30.1 Å². The number of allylic oxidation sites excluding steroid dienone is 5. The third-order valence-corrected chi connectivity index (χ3v) is 3.51. The molecule has 1 aliphatic heterocycles. The molecule has 0 bridgehead atoms. The molecule has 0 unspecified atom stereocenters. The van der Waals surface area contributed by atoms with E-state index in [0.717, 1.165) is 28.3 Å². The maximum Gasteiger partial charge on any atom is 0.141 e. The molecule has 4 nitrogen and oxygen atoms in total. The van der Waals surface area contributed by atoms with Gasteiger partial charge in [0.2, 0.25) is 0 Å². The molecule has 1 N–H and O–H groups in total. The van der Waals surface area contributed by atoms with E-state index in [1.54, 1.807) is 7.05 Å². The van der Waals surface area contributed by atoms with Crippen LogP contribution >= 0.6 is 0 Å². The van der Waals surface area contributed by atoms with Crippen LogP contribution in [-0.2, 0) is 0 Å². The maximum atomic E-state index is 4.47. The second-order valence-electron chi connectivity index (χ2n) is 5.22. The molecule has 0 amide bonds. The zero-order chi connectivity index (χ0) is 14.9. The number of nitrogens with one attached hydrogen (secondary N) is 1. The normalized spacial score (nSPS) is 16.1. The lowest BCUT2D eigenvalue weighted by atomic mass is 9.97. The van der Waals surface area contributed by atoms with Crippen molar-refractivity contribution in [2.75, 3.05) is 12.4 Å². The number of aliphatic imine (C=N–C) groups is 1. The first-order valence-electron chi connectivity index (χ1n) is 6.85. The fraction of sp³-hybridized carbons (Fsp3) is 0.375. The summed E-state index contributed by atoms with van der Waals surface area (Å²) in [6.45, 7) is 12.6. The number of hydrogen-bond acceptors (Lipinski definition) is 3. The first kappa shape index (κ1) is 14.3. The molecule has 1 aliphatic rings. The first-order valence-corrected chi connectivity index (χ1v) is 6.85. The predicted octanol–water partition coefficient (Wildman–Crippen LogP) is 3.81. The first-order chi connectivity index (χ1) is 9.51. The smallest absolute Gasteiger partial charge is 0.141 e. The Morgan fingerprint density at radius 2 is 2.20 bits per heavy atom. The van der Waals surface area contributed by atoms with Gasteiger partial charge in [-0.15, -0.1) is 0 Å². The van der Waals surface area contributed by atoms with Gasteiger partial charge in [0.05, 0.1) is 11.9 Å². The van der Waals surface area contributed by atoms with Crippen molar-refractivity contribution in [3.8, 4) is 0 Å². The Balaban J connectivity index is 2.53. The van der Waals surface area contributed by atoms with Crippen molar-refractivity contribution in [3.05, 3.63) is 35.7 Å². The molecule has 106 valence electrons. The van der Waals surface area contributed by atoms with Gasteiger partial charge in [-0.1, -0.05) is 26.5 Å². The standard InChI is InChI=1S/C16H22N4/c1-7-13(8-17-6)14-9-18-20-12(5)15(10(2)3)11(4)19-16(14)20/h7-10,19H,5H2,1-4,6H3/b13-7+,17-8-. The van der Waals surface area contributed by atoms with E-state index in [-0.39, 0.29) is 0 Å². The van der Waals surface area contributed by atoms with Gasteiger partial charge in [-0.3, -0.25) is 4.99 Å². The number of hydrogen-bond donors (Lipinski definition) is 1. The van der Waals surface area contributed by atoms with E-state index in [4.69, 9.17) is 0 Å². The molecule has 0 fully saturated rings. The van der Waals surface area contributed by atoms with E-state index in [1.807, 2.05) is 30.1 Å². The van der Waals surface area contributed by atoms with E-state index in [0.29, 0.717) is 5.92 Å². The summed E-state index contributed by atoms with van der Waals surface area (Å²) in [6.07, 6.45) is 5.74. The minimum Gasteiger partial charge on any atom is -0.343 e. The summed E-state index contributed by atoms with van der Waals surface area (Å²) in [7, 11) is 1.77. The average Bonchev–Trinajstić information content (AvgIpc) is 2.79. The molecule has 0 saturated heterocycles. The van der Waals surface area contributed by atoms with Crippen LogP contribution in [0.25, 0.3) is 11.3 Å². The molecule has 20 heavy (non-hydrogen) atoms. The van der Waals surface area contributed by atoms with Crippen molar-refractivity contribution in [3.63, 3.8) is 0 Å². The summed E-state index contributed by atoms with van der Waals surface area (Å²) < 4.78 is 1.88. The molecule has 0 aliphatic carbocycles. The second kappa shape index (κ2) is 5.49. The molecule has 0 aromatic carbocycles. The van der Waals surface area contributed by atoms with Gasteiger partial charge in [-0.05, 0) is 25.3 Å². The highest BCUT2D eigenvalue weighted by atomic mass is 15.3. The van der Waals surface area contributed by atoms with Crippen LogP contribution < -0.4 is 5.32 Å². The minimum absolute atomic E-state index is 0.411. The summed E-state index contributed by atoms with van der Waals surface area (Å²) in [5.41, 5.74) is 5.40. The Morgan fingerprint density at radius 3 is 2.75 bits per heavy atom. The second-order valence-corrected chi connectivity index (χ2v) is 5.22. The molecule has 0 atom stereocenters. The van der Waals surface area contributed by atoms with Crippen LogP contribution in [0.2, 0.25) is 0 Å². The SMILES string of the molecule is C=C1C(C(C)C)=C(C)Nc2c(C(/C=N\C)=C/C)cnn21. The molecule has 0 saturated carbocycles. The van der Waals surface area contributed by atoms with Gasteiger partial charge in [-0.25, -0.2) is 4.68 Å². The van der Waals surface area contributed by atoms with E-state index in [1.165, 1.54) is 5.57 Å². The van der Waals surface area contributed by atoms with Crippen molar-refractivity contribution < 1.29 is 0 Å². The van der Waals surface area contributed by atoms with Crippen LogP contribution in [0.1, 0.15) is 33.3 Å². The fourth-order valence-electron chi connectivity index (χ4n) is 2.66. The third kappa shape index (κ3) is 2.22. The number of aromatic nitrogens is 2. The number of anilines is 1. The van der Waals surface area contributed by atoms with Crippen LogP contribution in [0.3, 0.4) is 0 Å². The van der Waals surface area contributed by atoms with E-state index >= 15 is 0 Å². The zero-order valence-corrected chi connectivity index (χ0v) is 12.9. The van der Waals surface area contributed by atoms with Crippen molar-refractivity contribution in [2.24, 2.45) is 10.9 Å². The summed E-state index contributed by atoms with van der Waals surface area (Å²) in [5, 5.41) is 7.93. The van der Waals surface area contributed by atoms with Crippen LogP contribution in [-0.4, -0.2) is 23.0 Å². The maximum absolute atomic E-state index is 4.47. The number of nitrogens with zero attached hydrogens (tertiary/aromatic N) is 3. The van der Waals surface area contributed by atoms with Crippen molar-refractivity contribution in [2.45, 2.75) is 27.7 Å². The van der Waals surface area contributed by atoms with E-state index in [9.17, 15) is 0 Å². The minimum atomic E-state index is 0.411. The van der Waals surface area contributed by atoms with Gasteiger partial charge >= 0.3 is 0 Å². The van der Waals surface area contributed by atoms with Gasteiger partial charge in [0.25, 0.3) is 0 Å². The van der Waals surface area contributed by atoms with E-state index < -0.39 is 0 Å². The van der Waals surface area contributed by atoms with Gasteiger partial charge < -0.3 is 5.32 Å². The third-order valence-electron chi connectivity index (χ3n) is 3.51. The monoisotopic (exact) mass is 270 g/mol. The van der Waals surface area contributed by atoms with Crippen LogP contribution in [0.5, 0.6) is 0 Å². The van der Waals surface area contributed by atoms with Crippen molar-refractivity contribution >= 4 is 23.3 Å². The largest absolute Gasteiger partial charge is 0.343 e. The molecule has 1 aromatic heterocycles. The molecular weight excluding hydrogens is 248 g/mol. The lowest BCUT2D eigenvalue weighted by Crippen LogP contribution is -2.19. The highest BCUT2D eigenvalue weighted by Gasteiger charge is 2.24. The summed E-state index contributed by atoms with van der Waals surface area (Å²) in [6, 6.07) is 0. The molecule has 2 rings (SSSR count). The van der Waals surface area contributed by atoms with Gasteiger partial charge in [-0.2, -0.15) is 5.10 Å². The number of rotatable bonds is 3. The molecule has 2 heterocycles. The topological polar surface area (TPSA) is 42.2 Å². The van der Waals surface area contributed by atoms with E-state index in [2.05, 4.69) is 42.8 Å². The van der Waals surface area contributed by atoms with Gasteiger partial charge in [0.15, 0.2) is 0 Å². The fourth-order valence-corrected chi connectivity index (χ4v) is 2.66. The van der Waals surface area contributed by atoms with Gasteiger partial charge in [0.1, 0.15) is 5.82 Å². The summed E-state index contributed by atoms with van der Waals surface area (Å²) in [4.78, 5) is 4.10. The van der Waals surface area contributed by atoms with Crippen LogP contribution in [0, 0.1) is 5.92 Å². The highest BCUT2D eigenvalue weighted by molar-refractivity contribution is 6.11. The van der Waals surface area contributed by atoms with Crippen molar-refractivity contribution in [1.82, 2.24) is 9.78 Å². The summed E-state index contributed by atoms with van der Waals surface area (Å²) >= 11 is 0. The quantitative estimate of drug-likeness (QED) is 0.849. The lowest BCUT2D eigenvalue weighted by Gasteiger charge is -2.26. The zero-order valence-electron chi connectivity index (χ0n) is 12.9. The average molecular weight is 270 g/mol. The lowest BCUT2D eigenvalue weighted by molar-refractivity contribution is 0.748. The molecule has 0 radical (unpaired) electrons. The predicted molar refractivity (Wildman–Crippen MR) is 86.8 cm³/mol. The van der Waals surface area contributed by atoms with Crippen LogP contribution in [0.15, 0.2) is 35.1 Å². The summed E-state index contributed by atoms with van der Waals surface area (Å²) in [5.74, 6) is 1.37.